The molecule has 2 unspecified atom stereocenters. The third kappa shape index (κ3) is 8.29. The van der Waals surface area contributed by atoms with Crippen LogP contribution in [0.1, 0.15) is 81.0 Å². The van der Waals surface area contributed by atoms with Gasteiger partial charge in [-0.05, 0) is 87.4 Å². The number of carbonyl (C=O) groups is 2. The largest absolute Gasteiger partial charge is 0.480 e. The molecule has 0 radical (unpaired) electrons. The molecule has 0 bridgehead atoms. The van der Waals surface area contributed by atoms with Crippen molar-refractivity contribution in [3.05, 3.63) is 59.3 Å². The highest BCUT2D eigenvalue weighted by Crippen LogP contribution is 2.28. The van der Waals surface area contributed by atoms with E-state index in [4.69, 9.17) is 4.98 Å². The molecule has 1 fully saturated rings. The molecule has 1 saturated carbocycles. The number of anilines is 1. The first kappa shape index (κ1) is 27.1. The molecule has 0 spiro atoms. The van der Waals surface area contributed by atoms with Gasteiger partial charge in [-0.25, -0.2) is 9.78 Å². The smallest absolute Gasteiger partial charge is 0.326 e. The van der Waals surface area contributed by atoms with Crippen LogP contribution >= 0.6 is 0 Å². The number of carbonyl (C=O) groups excluding carboxylic acids is 1. The Hall–Kier alpha value is -2.93. The van der Waals surface area contributed by atoms with E-state index >= 15 is 0 Å². The molecule has 1 aromatic heterocycles. The van der Waals surface area contributed by atoms with E-state index in [1.165, 1.54) is 24.8 Å². The second kappa shape index (κ2) is 13.6. The fourth-order valence-electron chi connectivity index (χ4n) is 5.30. The molecule has 1 aromatic carbocycles. The first-order chi connectivity index (χ1) is 18.0. The summed E-state index contributed by atoms with van der Waals surface area (Å²) < 4.78 is 0. The van der Waals surface area contributed by atoms with Gasteiger partial charge in [-0.2, -0.15) is 0 Å². The Kier molecular flexibility index (Phi) is 9.94. The molecule has 1 aliphatic heterocycles. The van der Waals surface area contributed by atoms with E-state index in [2.05, 4.69) is 34.6 Å². The fraction of sp³-hybridized carbons (Fsp3) is 0.567. The van der Waals surface area contributed by atoms with Crippen molar-refractivity contribution in [1.82, 2.24) is 15.2 Å². The van der Waals surface area contributed by atoms with Gasteiger partial charge in [0.2, 0.25) is 5.91 Å². The third-order valence-electron chi connectivity index (χ3n) is 7.68. The van der Waals surface area contributed by atoms with E-state index in [0.29, 0.717) is 25.4 Å². The lowest BCUT2D eigenvalue weighted by molar-refractivity contribution is -0.142. The van der Waals surface area contributed by atoms with Crippen molar-refractivity contribution >= 4 is 17.7 Å². The first-order valence-corrected chi connectivity index (χ1v) is 14.1. The Bertz CT molecular complexity index is 1020. The predicted octanol–water partition coefficient (Wildman–Crippen LogP) is 4.77. The van der Waals surface area contributed by atoms with Gasteiger partial charge in [0, 0.05) is 31.2 Å². The highest BCUT2D eigenvalue weighted by Gasteiger charge is 2.30. The molecule has 2 atom stereocenters. The van der Waals surface area contributed by atoms with Gasteiger partial charge in [0.1, 0.15) is 11.9 Å². The summed E-state index contributed by atoms with van der Waals surface area (Å²) in [6.45, 7) is 4.72. The van der Waals surface area contributed by atoms with E-state index in [1.807, 2.05) is 30.3 Å². The van der Waals surface area contributed by atoms with Gasteiger partial charge in [0.15, 0.2) is 0 Å². The number of carboxylic acid groups (broad SMARTS) is 1. The molecule has 2 heterocycles. The number of aromatic nitrogens is 1. The lowest BCUT2D eigenvalue weighted by Crippen LogP contribution is -2.43. The van der Waals surface area contributed by atoms with Gasteiger partial charge in [0.05, 0.1) is 0 Å². The monoisotopic (exact) mass is 506 g/mol. The van der Waals surface area contributed by atoms with Crippen molar-refractivity contribution < 1.29 is 14.7 Å². The number of pyridine rings is 1. The molecule has 37 heavy (non-hydrogen) atoms. The normalized spacial score (nSPS) is 16.5. The number of amides is 1. The molecule has 2 aliphatic rings. The minimum absolute atomic E-state index is 0.0963. The van der Waals surface area contributed by atoms with E-state index in [1.54, 1.807) is 0 Å². The Morgan fingerprint density at radius 1 is 1.14 bits per heavy atom. The minimum Gasteiger partial charge on any atom is -0.480 e. The van der Waals surface area contributed by atoms with Crippen LogP contribution in [-0.2, 0) is 22.4 Å². The van der Waals surface area contributed by atoms with Gasteiger partial charge in [-0.3, -0.25) is 4.79 Å². The minimum atomic E-state index is -0.955. The second-order valence-electron chi connectivity index (χ2n) is 10.5. The zero-order chi connectivity index (χ0) is 26.0. The molecule has 1 aliphatic carbocycles. The maximum Gasteiger partial charge on any atom is 0.326 e. The Morgan fingerprint density at radius 2 is 1.95 bits per heavy atom. The van der Waals surface area contributed by atoms with Crippen LogP contribution < -0.4 is 10.6 Å². The zero-order valence-corrected chi connectivity index (χ0v) is 22.1. The van der Waals surface area contributed by atoms with Gasteiger partial charge < -0.3 is 20.6 Å². The van der Waals surface area contributed by atoms with Crippen LogP contribution in [0.4, 0.5) is 5.82 Å². The van der Waals surface area contributed by atoms with E-state index in [-0.39, 0.29) is 11.8 Å². The maximum absolute atomic E-state index is 12.7. The molecule has 7 heteroatoms. The van der Waals surface area contributed by atoms with Crippen molar-refractivity contribution in [3.8, 4) is 0 Å². The number of aliphatic carboxylic acids is 1. The number of nitrogens with one attached hydrogen (secondary N) is 2. The van der Waals surface area contributed by atoms with Crippen molar-refractivity contribution in [2.75, 3.05) is 25.0 Å². The van der Waals surface area contributed by atoms with Crippen LogP contribution in [0.15, 0.2) is 42.5 Å². The molecule has 2 aromatic rings. The molecule has 3 N–H and O–H groups in total. The SMILES string of the molecule is CCC(CC(=O)NC(CCN(CCCCc1ccc2c(n1)NCCC2)C1CC1)C(=O)O)c1ccccc1. The van der Waals surface area contributed by atoms with Crippen LogP contribution in [0, 0.1) is 0 Å². The zero-order valence-electron chi connectivity index (χ0n) is 22.1. The average molecular weight is 507 g/mol. The highest BCUT2D eigenvalue weighted by atomic mass is 16.4. The summed E-state index contributed by atoms with van der Waals surface area (Å²) in [5.74, 6) is 0.00945. The quantitative estimate of drug-likeness (QED) is 0.301. The molecule has 1 amide bonds. The lowest BCUT2D eigenvalue weighted by Gasteiger charge is -2.24. The Balaban J connectivity index is 1.21. The summed E-state index contributed by atoms with van der Waals surface area (Å²) in [6.07, 6.45) is 9.28. The van der Waals surface area contributed by atoms with Crippen molar-refractivity contribution in [3.63, 3.8) is 0 Å². The second-order valence-corrected chi connectivity index (χ2v) is 10.5. The summed E-state index contributed by atoms with van der Waals surface area (Å²) in [5.41, 5.74) is 3.58. The van der Waals surface area contributed by atoms with Crippen LogP contribution in [0.5, 0.6) is 0 Å². The Morgan fingerprint density at radius 3 is 2.68 bits per heavy atom. The summed E-state index contributed by atoms with van der Waals surface area (Å²) in [6, 6.07) is 14.0. The van der Waals surface area contributed by atoms with Crippen molar-refractivity contribution in [2.24, 2.45) is 0 Å². The van der Waals surface area contributed by atoms with Crippen molar-refractivity contribution in [1.29, 1.82) is 0 Å². The van der Waals surface area contributed by atoms with Crippen LogP contribution in [0.3, 0.4) is 0 Å². The standard InChI is InChI=1S/C30H42N4O3/c1-2-22(23-9-4-3-5-10-23)21-28(35)33-27(30(36)37)17-20-34(26-15-16-26)19-7-6-12-25-14-13-24-11-8-18-31-29(24)32-25/h3-5,9-10,13-14,22,26-27H,2,6-8,11-12,15-21H2,1H3,(H,31,32)(H,33,35)(H,36,37). The molecular formula is C30H42N4O3. The average Bonchev–Trinajstić information content (AvgIpc) is 3.76. The third-order valence-corrected chi connectivity index (χ3v) is 7.68. The number of rotatable bonds is 15. The van der Waals surface area contributed by atoms with E-state index in [0.717, 1.165) is 62.3 Å². The number of unbranched alkanes of at least 4 members (excludes halogenated alkanes) is 1. The number of benzene rings is 1. The van der Waals surface area contributed by atoms with Crippen LogP contribution in [-0.4, -0.2) is 58.6 Å². The van der Waals surface area contributed by atoms with E-state index < -0.39 is 12.0 Å². The lowest BCUT2D eigenvalue weighted by atomic mass is 9.93. The number of carboxylic acids is 1. The van der Waals surface area contributed by atoms with Crippen LogP contribution in [0.2, 0.25) is 0 Å². The summed E-state index contributed by atoms with van der Waals surface area (Å²) >= 11 is 0. The van der Waals surface area contributed by atoms with Crippen molar-refractivity contribution in [2.45, 2.75) is 89.1 Å². The van der Waals surface area contributed by atoms with Crippen LogP contribution in [0.25, 0.3) is 0 Å². The van der Waals surface area contributed by atoms with Gasteiger partial charge in [-0.15, -0.1) is 0 Å². The van der Waals surface area contributed by atoms with E-state index in [9.17, 15) is 14.7 Å². The molecule has 7 nitrogen and oxygen atoms in total. The van der Waals surface area contributed by atoms with Gasteiger partial charge >= 0.3 is 5.97 Å². The topological polar surface area (TPSA) is 94.6 Å². The Labute approximate surface area is 221 Å². The molecule has 4 rings (SSSR count). The number of fused-ring (bicyclic) bond motifs is 1. The predicted molar refractivity (Wildman–Crippen MR) is 147 cm³/mol. The molecule has 200 valence electrons. The van der Waals surface area contributed by atoms with Gasteiger partial charge in [-0.1, -0.05) is 43.3 Å². The molecular weight excluding hydrogens is 464 g/mol. The fourth-order valence-corrected chi connectivity index (χ4v) is 5.30. The molecule has 0 saturated heterocycles. The maximum atomic E-state index is 12.7. The highest BCUT2D eigenvalue weighted by molar-refractivity contribution is 5.84. The van der Waals surface area contributed by atoms with Gasteiger partial charge in [0.25, 0.3) is 0 Å². The number of hydrogen-bond donors (Lipinski definition) is 3. The first-order valence-electron chi connectivity index (χ1n) is 14.1. The number of hydrogen-bond acceptors (Lipinski definition) is 5. The summed E-state index contributed by atoms with van der Waals surface area (Å²) in [7, 11) is 0. The number of aryl methyl sites for hydroxylation is 2. The summed E-state index contributed by atoms with van der Waals surface area (Å²) in [4.78, 5) is 31.9. The number of nitrogens with zero attached hydrogens (tertiary/aromatic N) is 2. The summed E-state index contributed by atoms with van der Waals surface area (Å²) in [5, 5.41) is 16.0.